The van der Waals surface area contributed by atoms with Crippen molar-refractivity contribution in [1.29, 1.82) is 0 Å². The number of hydrogen-bond donors (Lipinski definition) is 2. The Labute approximate surface area is 126 Å². The standard InChI is InChI=1S/C11H11BrF2IN3/c12-6-3-8(13)7(10(15)4-6)1-2-18-5-9(14)11(16)17/h3-5H,1-2,16-17H2/b18-5-. The van der Waals surface area contributed by atoms with Crippen LogP contribution in [0.3, 0.4) is 0 Å². The lowest BCUT2D eigenvalue weighted by atomic mass is 10.1. The Morgan fingerprint density at radius 1 is 1.44 bits per heavy atom. The van der Waals surface area contributed by atoms with E-state index < -0.39 is 11.6 Å². The van der Waals surface area contributed by atoms with E-state index >= 15 is 0 Å². The van der Waals surface area contributed by atoms with Crippen LogP contribution < -0.4 is 11.5 Å². The lowest BCUT2D eigenvalue weighted by Gasteiger charge is -2.05. The lowest BCUT2D eigenvalue weighted by molar-refractivity contribution is 0.607. The van der Waals surface area contributed by atoms with Crippen molar-refractivity contribution in [2.45, 2.75) is 6.42 Å². The van der Waals surface area contributed by atoms with Crippen LogP contribution >= 0.6 is 38.5 Å². The van der Waals surface area contributed by atoms with Gasteiger partial charge in [0.1, 0.15) is 11.6 Å². The largest absolute Gasteiger partial charge is 0.383 e. The molecule has 0 bridgehead atoms. The second-order valence-electron chi connectivity index (χ2n) is 3.44. The van der Waals surface area contributed by atoms with Crippen molar-refractivity contribution in [2.75, 3.05) is 6.54 Å². The Balaban J connectivity index is 2.68. The van der Waals surface area contributed by atoms with Gasteiger partial charge in [0.05, 0.1) is 6.21 Å². The molecule has 4 N–H and O–H groups in total. The number of nitrogens with two attached hydrogens (primary N) is 2. The molecule has 0 heterocycles. The molecule has 0 aliphatic rings. The van der Waals surface area contributed by atoms with Crippen molar-refractivity contribution in [3.8, 4) is 0 Å². The Morgan fingerprint density at radius 2 is 2.11 bits per heavy atom. The minimum atomic E-state index is -0.777. The Kier molecular flexibility index (Phi) is 6.00. The fourth-order valence-corrected chi connectivity index (χ4v) is 2.93. The van der Waals surface area contributed by atoms with Crippen molar-refractivity contribution < 1.29 is 8.78 Å². The number of rotatable bonds is 4. The Hall–Kier alpha value is -0.700. The molecule has 0 aliphatic carbocycles. The summed E-state index contributed by atoms with van der Waals surface area (Å²) in [5, 5.41) is 0. The zero-order chi connectivity index (χ0) is 13.7. The lowest BCUT2D eigenvalue weighted by Crippen LogP contribution is -2.11. The van der Waals surface area contributed by atoms with Crippen LogP contribution in [-0.4, -0.2) is 12.8 Å². The number of benzene rings is 1. The van der Waals surface area contributed by atoms with Gasteiger partial charge in [-0.3, -0.25) is 4.99 Å². The molecule has 7 heteroatoms. The number of halogens is 4. The smallest absolute Gasteiger partial charge is 0.180 e. The second-order valence-corrected chi connectivity index (χ2v) is 5.51. The van der Waals surface area contributed by atoms with Crippen LogP contribution in [0.1, 0.15) is 5.56 Å². The molecule has 1 rings (SSSR count). The van der Waals surface area contributed by atoms with Gasteiger partial charge in [-0.05, 0) is 41.1 Å². The van der Waals surface area contributed by atoms with Gasteiger partial charge >= 0.3 is 0 Å². The van der Waals surface area contributed by atoms with E-state index in [0.29, 0.717) is 16.5 Å². The molecule has 0 saturated heterocycles. The van der Waals surface area contributed by atoms with Crippen LogP contribution in [0.15, 0.2) is 33.2 Å². The highest BCUT2D eigenvalue weighted by Crippen LogP contribution is 2.22. The molecule has 1 aromatic rings. The molecule has 1 aromatic carbocycles. The van der Waals surface area contributed by atoms with E-state index in [1.165, 1.54) is 6.07 Å². The van der Waals surface area contributed by atoms with Gasteiger partial charge in [0.2, 0.25) is 0 Å². The first-order valence-corrected chi connectivity index (χ1v) is 6.83. The third kappa shape index (κ3) is 4.52. The summed E-state index contributed by atoms with van der Waals surface area (Å²) in [4.78, 5) is 3.79. The Morgan fingerprint density at radius 3 is 2.67 bits per heavy atom. The monoisotopic (exact) mass is 429 g/mol. The van der Waals surface area contributed by atoms with Gasteiger partial charge in [0.25, 0.3) is 0 Å². The van der Waals surface area contributed by atoms with Gasteiger partial charge in [-0.15, -0.1) is 0 Å². The van der Waals surface area contributed by atoms with Crippen LogP contribution in [-0.2, 0) is 6.42 Å². The molecule has 0 aliphatic heterocycles. The van der Waals surface area contributed by atoms with Gasteiger partial charge in [0, 0.05) is 20.2 Å². The van der Waals surface area contributed by atoms with Crippen molar-refractivity contribution in [2.24, 2.45) is 16.5 Å². The van der Waals surface area contributed by atoms with Crippen molar-refractivity contribution >= 4 is 44.7 Å². The molecular weight excluding hydrogens is 419 g/mol. The minimum Gasteiger partial charge on any atom is -0.383 e. The molecule has 0 unspecified atom stereocenters. The van der Waals surface area contributed by atoms with Crippen LogP contribution in [0.2, 0.25) is 0 Å². The predicted molar refractivity (Wildman–Crippen MR) is 80.4 cm³/mol. The summed E-state index contributed by atoms with van der Waals surface area (Å²) >= 11 is 5.25. The number of aliphatic imine (C=N–C) groups is 1. The van der Waals surface area contributed by atoms with Crippen molar-refractivity contribution in [1.82, 2.24) is 0 Å². The summed E-state index contributed by atoms with van der Waals surface area (Å²) in [7, 11) is 0. The maximum absolute atomic E-state index is 13.6. The average Bonchev–Trinajstić information content (AvgIpc) is 2.26. The normalized spacial score (nSPS) is 10.9. The number of nitrogens with zero attached hydrogens (tertiary/aromatic N) is 1. The molecule has 0 amide bonds. The van der Waals surface area contributed by atoms with E-state index in [9.17, 15) is 8.78 Å². The highest BCUT2D eigenvalue weighted by Gasteiger charge is 2.07. The summed E-state index contributed by atoms with van der Waals surface area (Å²) < 4.78 is 28.0. The molecule has 0 aromatic heterocycles. The Bertz CT molecular complexity index is 476. The van der Waals surface area contributed by atoms with E-state index in [-0.39, 0.29) is 12.4 Å². The van der Waals surface area contributed by atoms with Crippen LogP contribution in [0, 0.1) is 9.39 Å². The third-order valence-electron chi connectivity index (χ3n) is 2.08. The molecule has 18 heavy (non-hydrogen) atoms. The molecule has 0 radical (unpaired) electrons. The van der Waals surface area contributed by atoms with E-state index in [0.717, 1.165) is 9.78 Å². The SMILES string of the molecule is NC(N)=C(F)/C=N\CCc1c(F)cc(Br)cc1I. The van der Waals surface area contributed by atoms with E-state index in [4.69, 9.17) is 11.5 Å². The topological polar surface area (TPSA) is 64.4 Å². The molecule has 0 fully saturated rings. The first-order valence-electron chi connectivity index (χ1n) is 4.95. The van der Waals surface area contributed by atoms with E-state index in [1.54, 1.807) is 6.07 Å². The zero-order valence-corrected chi connectivity index (χ0v) is 13.0. The molecule has 0 atom stereocenters. The van der Waals surface area contributed by atoms with Gasteiger partial charge < -0.3 is 11.5 Å². The molecule has 98 valence electrons. The average molecular weight is 430 g/mol. The molecule has 0 spiro atoms. The first kappa shape index (κ1) is 15.4. The van der Waals surface area contributed by atoms with Crippen molar-refractivity contribution in [3.05, 3.63) is 43.2 Å². The van der Waals surface area contributed by atoms with Crippen molar-refractivity contribution in [3.63, 3.8) is 0 Å². The quantitative estimate of drug-likeness (QED) is 0.571. The predicted octanol–water partition coefficient (Wildman–Crippen LogP) is 2.86. The summed E-state index contributed by atoms with van der Waals surface area (Å²) in [6, 6.07) is 3.20. The zero-order valence-electron chi connectivity index (χ0n) is 9.26. The first-order chi connectivity index (χ1) is 8.41. The number of allylic oxidation sites excluding steroid dienone is 1. The van der Waals surface area contributed by atoms with Gasteiger partial charge in [-0.1, -0.05) is 15.9 Å². The third-order valence-corrected chi connectivity index (χ3v) is 3.50. The van der Waals surface area contributed by atoms with Crippen LogP contribution in [0.4, 0.5) is 8.78 Å². The fourth-order valence-electron chi connectivity index (χ4n) is 1.21. The van der Waals surface area contributed by atoms with E-state index in [2.05, 4.69) is 20.9 Å². The van der Waals surface area contributed by atoms with E-state index in [1.807, 2.05) is 22.6 Å². The number of hydrogen-bond acceptors (Lipinski definition) is 3. The summed E-state index contributed by atoms with van der Waals surface area (Å²) in [6.45, 7) is 0.259. The highest BCUT2D eigenvalue weighted by atomic mass is 127. The van der Waals surface area contributed by atoms with Gasteiger partial charge in [-0.25, -0.2) is 8.78 Å². The molecule has 0 saturated carbocycles. The van der Waals surface area contributed by atoms with Gasteiger partial charge in [0.15, 0.2) is 5.83 Å². The highest BCUT2D eigenvalue weighted by molar-refractivity contribution is 14.1. The van der Waals surface area contributed by atoms with Crippen LogP contribution in [0.5, 0.6) is 0 Å². The molecule has 3 nitrogen and oxygen atoms in total. The maximum Gasteiger partial charge on any atom is 0.180 e. The second kappa shape index (κ2) is 7.03. The minimum absolute atomic E-state index is 0.259. The summed E-state index contributed by atoms with van der Waals surface area (Å²) in [6.07, 6.45) is 1.32. The molecular formula is C11H11BrF2IN3. The fraction of sp³-hybridized carbons (Fsp3) is 0.182. The summed E-state index contributed by atoms with van der Waals surface area (Å²) in [5.74, 6) is -1.50. The van der Waals surface area contributed by atoms with Crippen LogP contribution in [0.25, 0.3) is 0 Å². The maximum atomic E-state index is 13.6. The van der Waals surface area contributed by atoms with Gasteiger partial charge in [-0.2, -0.15) is 0 Å². The summed E-state index contributed by atoms with van der Waals surface area (Å²) in [5.41, 5.74) is 10.6.